The summed E-state index contributed by atoms with van der Waals surface area (Å²) >= 11 is 0.764. The lowest BCUT2D eigenvalue weighted by Gasteiger charge is -2.17. The molecule has 4 atom stereocenters. The normalized spacial score (nSPS) is 26.4. The Bertz CT molecular complexity index is 838. The van der Waals surface area contributed by atoms with Gasteiger partial charge >= 0.3 is 4.87 Å². The number of nitrogens with two attached hydrogens (primary N) is 1. The van der Waals surface area contributed by atoms with Gasteiger partial charge in [-0.15, -0.1) is 0 Å². The zero-order valence-corrected chi connectivity index (χ0v) is 12.5. The van der Waals surface area contributed by atoms with Crippen molar-refractivity contribution in [3.63, 3.8) is 0 Å². The summed E-state index contributed by atoms with van der Waals surface area (Å²) in [5.74, 6) is -0.0859. The molecule has 2 aromatic rings. The second-order valence-electron chi connectivity index (χ2n) is 5.13. The molecule has 118 valence electrons. The number of aliphatic hydroxyl groups excluding tert-OH is 1. The van der Waals surface area contributed by atoms with Gasteiger partial charge in [0.15, 0.2) is 11.9 Å². The first-order valence-electron chi connectivity index (χ1n) is 6.62. The van der Waals surface area contributed by atoms with Crippen molar-refractivity contribution in [1.29, 1.82) is 0 Å². The number of hydrogen-bond donors (Lipinski definition) is 3. The summed E-state index contributed by atoms with van der Waals surface area (Å²) in [5, 5.41) is 9.69. The standard InChI is InChI=1S/C12H15N5O4S/c1-4(18)6-3-5(14-2)10(21-6)17-8-7(22-12(17)20)9(19)16-11(13)15-8/h4-6,10,18H,2-3H2,1H3,(H3,13,15,16,19)/t4?,5-,6+,10-/m1/s1. The van der Waals surface area contributed by atoms with Gasteiger partial charge in [-0.25, -0.2) is 0 Å². The molecule has 2 aromatic heterocycles. The maximum Gasteiger partial charge on any atom is 0.311 e. The summed E-state index contributed by atoms with van der Waals surface area (Å²) in [4.78, 5) is 34.1. The fourth-order valence-electron chi connectivity index (χ4n) is 2.56. The second-order valence-corrected chi connectivity index (χ2v) is 6.09. The molecule has 0 aromatic carbocycles. The SMILES string of the molecule is C=N[C@@H]1C[C@@H](C(C)O)O[C@H]1n1c(=O)sc2c(=O)[nH]c(N)nc21. The Morgan fingerprint density at radius 3 is 3.00 bits per heavy atom. The number of rotatable bonds is 3. The van der Waals surface area contributed by atoms with E-state index in [2.05, 4.69) is 21.7 Å². The molecule has 0 aliphatic carbocycles. The van der Waals surface area contributed by atoms with Crippen LogP contribution in [0, 0.1) is 0 Å². The van der Waals surface area contributed by atoms with Crippen LogP contribution in [0.1, 0.15) is 19.6 Å². The van der Waals surface area contributed by atoms with E-state index in [1.807, 2.05) is 0 Å². The van der Waals surface area contributed by atoms with Crippen LogP contribution in [0.25, 0.3) is 10.3 Å². The monoisotopic (exact) mass is 325 g/mol. The molecule has 1 unspecified atom stereocenters. The third-order valence-corrected chi connectivity index (χ3v) is 4.58. The molecule has 0 saturated carbocycles. The predicted octanol–water partition coefficient (Wildman–Crippen LogP) is -0.534. The number of nitrogens with zero attached hydrogens (tertiary/aromatic N) is 3. The molecule has 1 aliphatic heterocycles. The Balaban J connectivity index is 2.17. The van der Waals surface area contributed by atoms with E-state index in [1.165, 1.54) is 4.57 Å². The number of aromatic amines is 1. The van der Waals surface area contributed by atoms with Crippen molar-refractivity contribution in [3.05, 3.63) is 20.0 Å². The molecule has 9 nitrogen and oxygen atoms in total. The largest absolute Gasteiger partial charge is 0.391 e. The van der Waals surface area contributed by atoms with Gasteiger partial charge in [0.2, 0.25) is 5.95 Å². The molecule has 0 amide bonds. The summed E-state index contributed by atoms with van der Waals surface area (Å²) in [6.07, 6.45) is -1.53. The Labute approximate surface area is 128 Å². The van der Waals surface area contributed by atoms with E-state index < -0.39 is 34.9 Å². The quantitative estimate of drug-likeness (QED) is 0.649. The van der Waals surface area contributed by atoms with Gasteiger partial charge in [0.1, 0.15) is 4.70 Å². The zero-order valence-electron chi connectivity index (χ0n) is 11.7. The number of aromatic nitrogens is 3. The highest BCUT2D eigenvalue weighted by Gasteiger charge is 2.40. The Morgan fingerprint density at radius 2 is 2.36 bits per heavy atom. The molecule has 0 bridgehead atoms. The second kappa shape index (κ2) is 5.30. The molecule has 3 heterocycles. The average molecular weight is 325 g/mol. The molecule has 1 fully saturated rings. The van der Waals surface area contributed by atoms with Gasteiger partial charge in [0.05, 0.1) is 18.2 Å². The van der Waals surface area contributed by atoms with E-state index in [9.17, 15) is 14.7 Å². The number of ether oxygens (including phenoxy) is 1. The number of anilines is 1. The summed E-state index contributed by atoms with van der Waals surface area (Å²) in [7, 11) is 0. The molecule has 1 aliphatic rings. The summed E-state index contributed by atoms with van der Waals surface area (Å²) < 4.78 is 7.16. The Kier molecular flexibility index (Phi) is 3.59. The highest BCUT2D eigenvalue weighted by molar-refractivity contribution is 7.16. The van der Waals surface area contributed by atoms with Crippen molar-refractivity contribution < 1.29 is 9.84 Å². The predicted molar refractivity (Wildman–Crippen MR) is 82.5 cm³/mol. The number of fused-ring (bicyclic) bond motifs is 1. The highest BCUT2D eigenvalue weighted by atomic mass is 32.1. The molecule has 4 N–H and O–H groups in total. The molecule has 1 saturated heterocycles. The minimum absolute atomic E-state index is 0.0859. The molecule has 10 heteroatoms. The number of thiazole rings is 1. The number of H-pyrrole nitrogens is 1. The smallest absolute Gasteiger partial charge is 0.311 e. The molecular weight excluding hydrogens is 310 g/mol. The van der Waals surface area contributed by atoms with Crippen molar-refractivity contribution in [3.8, 4) is 0 Å². The van der Waals surface area contributed by atoms with E-state index in [0.717, 1.165) is 11.3 Å². The lowest BCUT2D eigenvalue weighted by atomic mass is 10.1. The van der Waals surface area contributed by atoms with Crippen molar-refractivity contribution >= 4 is 34.3 Å². The summed E-state index contributed by atoms with van der Waals surface area (Å²) in [6.45, 7) is 5.10. The fraction of sp³-hybridized carbons (Fsp3) is 0.500. The van der Waals surface area contributed by atoms with Crippen LogP contribution < -0.4 is 16.2 Å². The van der Waals surface area contributed by atoms with Gasteiger partial charge in [0.25, 0.3) is 5.56 Å². The van der Waals surface area contributed by atoms with Gasteiger partial charge < -0.3 is 15.6 Å². The van der Waals surface area contributed by atoms with Gasteiger partial charge in [-0.2, -0.15) is 4.98 Å². The maximum atomic E-state index is 12.3. The average Bonchev–Trinajstić information content (AvgIpc) is 2.99. The number of aliphatic hydroxyl groups is 1. The molecule has 22 heavy (non-hydrogen) atoms. The zero-order chi connectivity index (χ0) is 16.0. The van der Waals surface area contributed by atoms with E-state index in [4.69, 9.17) is 10.5 Å². The molecule has 0 spiro atoms. The van der Waals surface area contributed by atoms with Crippen molar-refractivity contribution in [1.82, 2.24) is 14.5 Å². The first-order chi connectivity index (χ1) is 10.4. The van der Waals surface area contributed by atoms with Crippen LogP contribution in [-0.4, -0.2) is 44.6 Å². The van der Waals surface area contributed by atoms with Crippen LogP contribution in [-0.2, 0) is 4.74 Å². The minimum Gasteiger partial charge on any atom is -0.391 e. The first kappa shape index (κ1) is 14.9. The van der Waals surface area contributed by atoms with Crippen LogP contribution in [0.5, 0.6) is 0 Å². The minimum atomic E-state index is -0.771. The lowest BCUT2D eigenvalue weighted by Crippen LogP contribution is -2.27. The Morgan fingerprint density at radius 1 is 1.64 bits per heavy atom. The van der Waals surface area contributed by atoms with Crippen molar-refractivity contribution in [2.45, 2.75) is 37.8 Å². The number of nitrogens with one attached hydrogen (secondary N) is 1. The lowest BCUT2D eigenvalue weighted by molar-refractivity contribution is -0.0540. The Hall–Kier alpha value is -2.04. The maximum absolute atomic E-state index is 12.3. The fourth-order valence-corrected chi connectivity index (χ4v) is 3.40. The van der Waals surface area contributed by atoms with Crippen molar-refractivity contribution in [2.24, 2.45) is 4.99 Å². The molecule has 0 radical (unpaired) electrons. The third-order valence-electron chi connectivity index (χ3n) is 3.64. The topological polar surface area (TPSA) is 136 Å². The van der Waals surface area contributed by atoms with Gasteiger partial charge in [0, 0.05) is 6.42 Å². The summed E-state index contributed by atoms with van der Waals surface area (Å²) in [5.41, 5.74) is 5.23. The number of hydrogen-bond acceptors (Lipinski definition) is 8. The van der Waals surface area contributed by atoms with Gasteiger partial charge in [-0.3, -0.25) is 24.1 Å². The van der Waals surface area contributed by atoms with Crippen LogP contribution in [0.3, 0.4) is 0 Å². The number of aliphatic imine (C=N–C) groups is 1. The van der Waals surface area contributed by atoms with E-state index in [0.29, 0.717) is 6.42 Å². The van der Waals surface area contributed by atoms with E-state index in [1.54, 1.807) is 6.92 Å². The van der Waals surface area contributed by atoms with Crippen LogP contribution in [0.2, 0.25) is 0 Å². The van der Waals surface area contributed by atoms with Crippen LogP contribution >= 0.6 is 11.3 Å². The van der Waals surface area contributed by atoms with E-state index in [-0.39, 0.29) is 16.3 Å². The first-order valence-corrected chi connectivity index (χ1v) is 7.44. The van der Waals surface area contributed by atoms with Gasteiger partial charge in [-0.1, -0.05) is 11.3 Å². The van der Waals surface area contributed by atoms with Crippen molar-refractivity contribution in [2.75, 3.05) is 5.73 Å². The number of nitrogen functional groups attached to an aromatic ring is 1. The summed E-state index contributed by atoms with van der Waals surface area (Å²) in [6, 6.07) is -0.419. The highest BCUT2D eigenvalue weighted by Crippen LogP contribution is 2.33. The molecule has 3 rings (SSSR count). The van der Waals surface area contributed by atoms with Gasteiger partial charge in [-0.05, 0) is 13.6 Å². The molecular formula is C12H15N5O4S. The van der Waals surface area contributed by atoms with Crippen LogP contribution in [0.4, 0.5) is 5.95 Å². The van der Waals surface area contributed by atoms with E-state index >= 15 is 0 Å². The third kappa shape index (κ3) is 2.25. The van der Waals surface area contributed by atoms with Crippen LogP contribution in [0.15, 0.2) is 14.6 Å².